The first-order valence-electron chi connectivity index (χ1n) is 9.61. The summed E-state index contributed by atoms with van der Waals surface area (Å²) in [6.07, 6.45) is 3.58. The Balaban J connectivity index is 1.74. The molecule has 0 spiro atoms. The van der Waals surface area contributed by atoms with E-state index < -0.39 is 11.6 Å². The van der Waals surface area contributed by atoms with Gasteiger partial charge in [-0.25, -0.2) is 4.39 Å². The predicted octanol–water partition coefficient (Wildman–Crippen LogP) is 3.73. The van der Waals surface area contributed by atoms with Gasteiger partial charge in [-0.2, -0.15) is 0 Å². The van der Waals surface area contributed by atoms with Crippen LogP contribution in [-0.4, -0.2) is 30.6 Å². The molecule has 4 aliphatic carbocycles. The molecule has 7 atom stereocenters. The zero-order valence-electron chi connectivity index (χ0n) is 15.4. The topological polar surface area (TPSA) is 55.7 Å². The van der Waals surface area contributed by atoms with Crippen LogP contribution in [0.2, 0.25) is 0 Å². The monoisotopic (exact) mass is 349 g/mol. The molecule has 4 aliphatic rings. The van der Waals surface area contributed by atoms with Crippen molar-refractivity contribution < 1.29 is 18.8 Å². The van der Waals surface area contributed by atoms with E-state index in [2.05, 4.69) is 12.1 Å². The van der Waals surface area contributed by atoms with Gasteiger partial charge >= 0.3 is 0 Å². The lowest BCUT2D eigenvalue weighted by Crippen LogP contribution is -2.56. The molecule has 4 fully saturated rings. The van der Waals surface area contributed by atoms with Crippen LogP contribution in [0.4, 0.5) is 4.39 Å². The standard InChI is InChI=1S/C20H28FNO3/c1-19-6-4-11(23)8-15(19)17(22-25-3)9-12-13(19)5-7-20(2)14(12)10-16(21)18(20)24/h12-16H,4-10H2,1-3H3/b22-17+/t12?,13?,14?,15?,16-,19-,20+/m1/s1. The molecule has 4 unspecified atom stereocenters. The number of carbonyl (C=O) groups is 2. The van der Waals surface area contributed by atoms with E-state index in [-0.39, 0.29) is 29.0 Å². The predicted molar refractivity (Wildman–Crippen MR) is 91.8 cm³/mol. The summed E-state index contributed by atoms with van der Waals surface area (Å²) in [7, 11) is 1.54. The van der Waals surface area contributed by atoms with E-state index in [1.807, 2.05) is 6.92 Å². The summed E-state index contributed by atoms with van der Waals surface area (Å²) >= 11 is 0. The van der Waals surface area contributed by atoms with Crippen molar-refractivity contribution in [1.82, 2.24) is 0 Å². The Morgan fingerprint density at radius 2 is 1.92 bits per heavy atom. The summed E-state index contributed by atoms with van der Waals surface area (Å²) < 4.78 is 14.3. The zero-order chi connectivity index (χ0) is 18.0. The first-order valence-corrected chi connectivity index (χ1v) is 9.61. The minimum atomic E-state index is -1.31. The van der Waals surface area contributed by atoms with Crippen LogP contribution in [0.5, 0.6) is 0 Å². The van der Waals surface area contributed by atoms with E-state index in [1.165, 1.54) is 0 Å². The maximum absolute atomic E-state index is 14.3. The number of halogens is 1. The van der Waals surface area contributed by atoms with Crippen LogP contribution in [0, 0.1) is 34.5 Å². The maximum Gasteiger partial charge on any atom is 0.173 e. The molecule has 4 nitrogen and oxygen atoms in total. The molecule has 0 aliphatic heterocycles. The van der Waals surface area contributed by atoms with Crippen molar-refractivity contribution in [2.45, 2.75) is 65.0 Å². The molecule has 0 radical (unpaired) electrons. The van der Waals surface area contributed by atoms with Gasteiger partial charge in [-0.1, -0.05) is 19.0 Å². The zero-order valence-corrected chi connectivity index (χ0v) is 15.4. The molecule has 4 rings (SSSR count). The second-order valence-corrected chi connectivity index (χ2v) is 9.17. The number of hydrogen-bond acceptors (Lipinski definition) is 4. The highest BCUT2D eigenvalue weighted by Crippen LogP contribution is 2.64. The van der Waals surface area contributed by atoms with Gasteiger partial charge in [0.2, 0.25) is 0 Å². The van der Waals surface area contributed by atoms with Gasteiger partial charge in [0.25, 0.3) is 0 Å². The van der Waals surface area contributed by atoms with Crippen molar-refractivity contribution >= 4 is 17.3 Å². The molecule has 0 N–H and O–H groups in total. The molecular weight excluding hydrogens is 321 g/mol. The fourth-order valence-electron chi connectivity index (χ4n) is 6.83. The quantitative estimate of drug-likeness (QED) is 0.678. The highest BCUT2D eigenvalue weighted by Gasteiger charge is 2.63. The first kappa shape index (κ1) is 17.2. The Bertz CT molecular complexity index is 647. The summed E-state index contributed by atoms with van der Waals surface area (Å²) in [6, 6.07) is 0. The maximum atomic E-state index is 14.3. The van der Waals surface area contributed by atoms with Gasteiger partial charge in [-0.3, -0.25) is 9.59 Å². The van der Waals surface area contributed by atoms with Gasteiger partial charge < -0.3 is 4.84 Å². The number of rotatable bonds is 1. The molecule has 0 heterocycles. The highest BCUT2D eigenvalue weighted by atomic mass is 19.1. The molecule has 5 heteroatoms. The third-order valence-corrected chi connectivity index (χ3v) is 8.21. The van der Waals surface area contributed by atoms with E-state index in [0.29, 0.717) is 31.0 Å². The number of alkyl halides is 1. The summed E-state index contributed by atoms with van der Waals surface area (Å²) in [6.45, 7) is 4.26. The van der Waals surface area contributed by atoms with Gasteiger partial charge in [0.15, 0.2) is 12.0 Å². The van der Waals surface area contributed by atoms with Crippen molar-refractivity contribution in [3.8, 4) is 0 Å². The second kappa shape index (κ2) is 5.62. The SMILES string of the molecule is CO/N=C1\CC2C(CC[C@]3(C)C(=O)[C@H](F)CC23)[C@@]2(C)CCC(=O)CC12. The highest BCUT2D eigenvalue weighted by molar-refractivity contribution is 5.95. The average molecular weight is 349 g/mol. The van der Waals surface area contributed by atoms with Gasteiger partial charge in [-0.15, -0.1) is 0 Å². The lowest BCUT2D eigenvalue weighted by atomic mass is 9.45. The number of Topliss-reactive ketones (excluding diaryl/α,β-unsaturated/α-hetero) is 2. The van der Waals surface area contributed by atoms with E-state index in [1.54, 1.807) is 7.11 Å². The Hall–Kier alpha value is -1.26. The summed E-state index contributed by atoms with van der Waals surface area (Å²) in [5.74, 6) is 1.06. The van der Waals surface area contributed by atoms with Crippen LogP contribution in [0.25, 0.3) is 0 Å². The molecule has 0 saturated heterocycles. The van der Waals surface area contributed by atoms with Crippen LogP contribution in [-0.2, 0) is 14.4 Å². The molecule has 25 heavy (non-hydrogen) atoms. The molecule has 4 saturated carbocycles. The van der Waals surface area contributed by atoms with Crippen LogP contribution in [0.1, 0.15) is 58.8 Å². The van der Waals surface area contributed by atoms with Gasteiger partial charge in [0.1, 0.15) is 12.9 Å². The number of carbonyl (C=O) groups excluding carboxylic acids is 2. The summed E-state index contributed by atoms with van der Waals surface area (Å²) in [4.78, 5) is 29.7. The third-order valence-electron chi connectivity index (χ3n) is 8.21. The van der Waals surface area contributed by atoms with Crippen LogP contribution in [0.15, 0.2) is 5.16 Å². The second-order valence-electron chi connectivity index (χ2n) is 9.17. The van der Waals surface area contributed by atoms with Crippen molar-refractivity contribution in [2.75, 3.05) is 7.11 Å². The molecule has 0 aromatic carbocycles. The number of hydrogen-bond donors (Lipinski definition) is 0. The van der Waals surface area contributed by atoms with Crippen molar-refractivity contribution in [3.05, 3.63) is 0 Å². The van der Waals surface area contributed by atoms with Gasteiger partial charge in [-0.05, 0) is 55.3 Å². The van der Waals surface area contributed by atoms with Gasteiger partial charge in [0.05, 0.1) is 5.71 Å². The molecule has 0 aromatic rings. The minimum absolute atomic E-state index is 0.00691. The van der Waals surface area contributed by atoms with E-state index in [4.69, 9.17) is 4.84 Å². The Morgan fingerprint density at radius 3 is 2.64 bits per heavy atom. The van der Waals surface area contributed by atoms with E-state index in [9.17, 15) is 14.0 Å². The third kappa shape index (κ3) is 2.26. The van der Waals surface area contributed by atoms with E-state index >= 15 is 0 Å². The van der Waals surface area contributed by atoms with Crippen molar-refractivity contribution in [2.24, 2.45) is 39.7 Å². The minimum Gasteiger partial charge on any atom is -0.399 e. The van der Waals surface area contributed by atoms with Crippen LogP contribution in [0.3, 0.4) is 0 Å². The van der Waals surface area contributed by atoms with E-state index in [0.717, 1.165) is 31.4 Å². The summed E-state index contributed by atoms with van der Waals surface area (Å²) in [5.41, 5.74) is 0.442. The first-order chi connectivity index (χ1) is 11.8. The van der Waals surface area contributed by atoms with Crippen molar-refractivity contribution in [3.63, 3.8) is 0 Å². The fraction of sp³-hybridized carbons (Fsp3) is 0.850. The van der Waals surface area contributed by atoms with Crippen LogP contribution < -0.4 is 0 Å². The number of ketones is 2. The Kier molecular flexibility index (Phi) is 3.86. The molecule has 138 valence electrons. The lowest BCUT2D eigenvalue weighted by molar-refractivity contribution is -0.138. The number of nitrogens with zero attached hydrogens (tertiary/aromatic N) is 1. The average Bonchev–Trinajstić information content (AvgIpc) is 2.80. The lowest BCUT2D eigenvalue weighted by Gasteiger charge is -2.59. The normalized spacial score (nSPS) is 51.0. The van der Waals surface area contributed by atoms with Crippen LogP contribution >= 0.6 is 0 Å². The molecular formula is C20H28FNO3. The molecule has 0 aromatic heterocycles. The largest absolute Gasteiger partial charge is 0.399 e. The number of oxime groups is 1. The smallest absolute Gasteiger partial charge is 0.173 e. The molecule has 0 bridgehead atoms. The fourth-order valence-corrected chi connectivity index (χ4v) is 6.83. The van der Waals surface area contributed by atoms with Crippen molar-refractivity contribution in [1.29, 1.82) is 0 Å². The Morgan fingerprint density at radius 1 is 1.16 bits per heavy atom. The molecule has 0 amide bonds. The Labute approximate surface area is 148 Å². The number of fused-ring (bicyclic) bond motifs is 5. The van der Waals surface area contributed by atoms with Gasteiger partial charge in [0, 0.05) is 24.2 Å². The summed E-state index contributed by atoms with van der Waals surface area (Å²) in [5, 5.41) is 4.30.